The maximum absolute atomic E-state index is 4.33. The minimum absolute atomic E-state index is 0.642. The molecule has 5 nitrogen and oxygen atoms in total. The zero-order chi connectivity index (χ0) is 9.54. The van der Waals surface area contributed by atoms with Gasteiger partial charge in [0.2, 0.25) is 0 Å². The van der Waals surface area contributed by atoms with Crippen molar-refractivity contribution in [1.29, 1.82) is 0 Å². The molecule has 0 amide bonds. The van der Waals surface area contributed by atoms with Crippen molar-refractivity contribution < 1.29 is 0 Å². The number of imidazole rings is 1. The van der Waals surface area contributed by atoms with Gasteiger partial charge in [-0.25, -0.2) is 19.9 Å². The number of hydrogen-bond acceptors (Lipinski definition) is 4. The molecule has 0 radical (unpaired) electrons. The monoisotopic (exact) mass is 185 g/mol. The average molecular weight is 185 g/mol. The Hall–Kier alpha value is -2.04. The highest BCUT2D eigenvalue weighted by Crippen LogP contribution is 2.12. The van der Waals surface area contributed by atoms with Gasteiger partial charge < -0.3 is 0 Å². The molecule has 0 saturated carbocycles. The van der Waals surface area contributed by atoms with E-state index in [1.165, 1.54) is 0 Å². The van der Waals surface area contributed by atoms with Crippen LogP contribution in [0.15, 0.2) is 24.8 Å². The molecule has 3 rings (SSSR count). The molecule has 3 aromatic heterocycles. The molecule has 0 aromatic carbocycles. The van der Waals surface area contributed by atoms with Crippen molar-refractivity contribution in [2.24, 2.45) is 0 Å². The Balaban J connectivity index is 2.66. The molecule has 0 bridgehead atoms. The molecule has 0 N–H and O–H groups in total. The minimum atomic E-state index is 0.642. The lowest BCUT2D eigenvalue weighted by Crippen LogP contribution is -1.98. The number of nitrogens with zero attached hydrogens (tertiary/aromatic N) is 5. The molecular formula is C9H7N5. The third-order valence-corrected chi connectivity index (χ3v) is 2.15. The van der Waals surface area contributed by atoms with Gasteiger partial charge in [0.25, 0.3) is 0 Å². The van der Waals surface area contributed by atoms with Crippen LogP contribution in [0.1, 0.15) is 5.82 Å². The van der Waals surface area contributed by atoms with Crippen LogP contribution in [0.4, 0.5) is 0 Å². The Morgan fingerprint density at radius 3 is 2.86 bits per heavy atom. The van der Waals surface area contributed by atoms with Crippen molar-refractivity contribution in [2.45, 2.75) is 6.92 Å². The molecule has 0 aliphatic rings. The van der Waals surface area contributed by atoms with E-state index in [9.17, 15) is 0 Å². The minimum Gasteiger partial charge on any atom is -0.286 e. The Morgan fingerprint density at radius 2 is 1.93 bits per heavy atom. The summed E-state index contributed by atoms with van der Waals surface area (Å²) < 4.78 is 1.90. The normalized spacial score (nSPS) is 11.2. The van der Waals surface area contributed by atoms with E-state index in [0.717, 1.165) is 17.0 Å². The largest absolute Gasteiger partial charge is 0.286 e. The zero-order valence-electron chi connectivity index (χ0n) is 7.55. The number of hydrogen-bond donors (Lipinski definition) is 0. The van der Waals surface area contributed by atoms with Crippen LogP contribution in [0.25, 0.3) is 16.8 Å². The highest BCUT2D eigenvalue weighted by molar-refractivity contribution is 5.84. The quantitative estimate of drug-likeness (QED) is 0.524. The predicted octanol–water partition coefficient (Wildman–Crippen LogP) is 0.981. The number of aryl methyl sites for hydroxylation is 1. The molecule has 0 spiro atoms. The van der Waals surface area contributed by atoms with Crippen LogP contribution in [-0.2, 0) is 0 Å². The molecule has 5 heteroatoms. The van der Waals surface area contributed by atoms with Crippen LogP contribution >= 0.6 is 0 Å². The van der Waals surface area contributed by atoms with E-state index >= 15 is 0 Å². The zero-order valence-corrected chi connectivity index (χ0v) is 7.55. The molecule has 0 aliphatic heterocycles. The van der Waals surface area contributed by atoms with Crippen LogP contribution in [0.2, 0.25) is 0 Å². The van der Waals surface area contributed by atoms with Gasteiger partial charge in [0, 0.05) is 24.8 Å². The summed E-state index contributed by atoms with van der Waals surface area (Å²) in [7, 11) is 0. The summed E-state index contributed by atoms with van der Waals surface area (Å²) in [6.07, 6.45) is 6.88. The average Bonchev–Trinajstić information content (AvgIpc) is 2.67. The summed E-state index contributed by atoms with van der Waals surface area (Å²) in [4.78, 5) is 16.9. The first kappa shape index (κ1) is 7.37. The smallest absolute Gasteiger partial charge is 0.183 e. The molecule has 68 valence electrons. The van der Waals surface area contributed by atoms with Gasteiger partial charge in [-0.05, 0) is 6.92 Å². The van der Waals surface area contributed by atoms with E-state index < -0.39 is 0 Å². The first-order valence-corrected chi connectivity index (χ1v) is 4.26. The standard InChI is InChI=1S/C9H7N5/c1-6-13-8-7(10-2-3-11-8)9-12-4-5-14(6)9/h2-5H,1H3. The Morgan fingerprint density at radius 1 is 1.07 bits per heavy atom. The third-order valence-electron chi connectivity index (χ3n) is 2.15. The van der Waals surface area contributed by atoms with Gasteiger partial charge in [-0.1, -0.05) is 0 Å². The van der Waals surface area contributed by atoms with E-state index in [4.69, 9.17) is 0 Å². The van der Waals surface area contributed by atoms with Crippen molar-refractivity contribution >= 4 is 16.8 Å². The van der Waals surface area contributed by atoms with E-state index in [2.05, 4.69) is 19.9 Å². The number of rotatable bonds is 0. The van der Waals surface area contributed by atoms with E-state index in [-0.39, 0.29) is 0 Å². The highest BCUT2D eigenvalue weighted by Gasteiger charge is 2.06. The van der Waals surface area contributed by atoms with Gasteiger partial charge in [-0.2, -0.15) is 0 Å². The summed E-state index contributed by atoms with van der Waals surface area (Å²) in [5.74, 6) is 0.866. The fourth-order valence-corrected chi connectivity index (χ4v) is 1.52. The number of aromatic nitrogens is 5. The first-order valence-electron chi connectivity index (χ1n) is 4.26. The van der Waals surface area contributed by atoms with Gasteiger partial charge in [0.15, 0.2) is 16.8 Å². The van der Waals surface area contributed by atoms with Crippen molar-refractivity contribution in [1.82, 2.24) is 24.3 Å². The topological polar surface area (TPSA) is 56.0 Å². The van der Waals surface area contributed by atoms with Crippen LogP contribution in [-0.4, -0.2) is 24.3 Å². The second-order valence-electron chi connectivity index (χ2n) is 3.01. The molecule has 0 fully saturated rings. The second kappa shape index (κ2) is 2.47. The summed E-state index contributed by atoms with van der Waals surface area (Å²) in [6, 6.07) is 0. The Labute approximate surface area is 79.5 Å². The van der Waals surface area contributed by atoms with Crippen LogP contribution in [0.3, 0.4) is 0 Å². The molecule has 0 saturated heterocycles. The second-order valence-corrected chi connectivity index (χ2v) is 3.01. The van der Waals surface area contributed by atoms with E-state index in [1.54, 1.807) is 18.6 Å². The molecule has 3 heterocycles. The molecule has 0 atom stereocenters. The lowest BCUT2D eigenvalue weighted by molar-refractivity contribution is 0.996. The van der Waals surface area contributed by atoms with Crippen molar-refractivity contribution in [3.05, 3.63) is 30.6 Å². The fraction of sp³-hybridized carbons (Fsp3) is 0.111. The maximum atomic E-state index is 4.33. The van der Waals surface area contributed by atoms with Crippen molar-refractivity contribution in [3.8, 4) is 0 Å². The van der Waals surface area contributed by atoms with Crippen LogP contribution < -0.4 is 0 Å². The third kappa shape index (κ3) is 0.834. The summed E-state index contributed by atoms with van der Waals surface area (Å²) in [6.45, 7) is 1.92. The van der Waals surface area contributed by atoms with Gasteiger partial charge in [-0.15, -0.1) is 0 Å². The lowest BCUT2D eigenvalue weighted by Gasteiger charge is -2.01. The lowest BCUT2D eigenvalue weighted by atomic mass is 10.4. The SMILES string of the molecule is Cc1nc2nccnc2c2nccn12. The van der Waals surface area contributed by atoms with E-state index in [1.807, 2.05) is 17.5 Å². The summed E-state index contributed by atoms with van der Waals surface area (Å²) in [5.41, 5.74) is 2.19. The van der Waals surface area contributed by atoms with Gasteiger partial charge >= 0.3 is 0 Å². The maximum Gasteiger partial charge on any atom is 0.183 e. The fourth-order valence-electron chi connectivity index (χ4n) is 1.52. The van der Waals surface area contributed by atoms with Crippen LogP contribution in [0, 0.1) is 6.92 Å². The molecule has 14 heavy (non-hydrogen) atoms. The molecule has 3 aromatic rings. The van der Waals surface area contributed by atoms with Gasteiger partial charge in [-0.3, -0.25) is 4.40 Å². The molecule has 0 aliphatic carbocycles. The first-order chi connectivity index (χ1) is 6.86. The van der Waals surface area contributed by atoms with Crippen molar-refractivity contribution in [2.75, 3.05) is 0 Å². The molecular weight excluding hydrogens is 178 g/mol. The van der Waals surface area contributed by atoms with Crippen molar-refractivity contribution in [3.63, 3.8) is 0 Å². The Bertz CT molecular complexity index is 613. The number of fused-ring (bicyclic) bond motifs is 3. The van der Waals surface area contributed by atoms with E-state index in [0.29, 0.717) is 5.65 Å². The Kier molecular flexibility index (Phi) is 1.30. The van der Waals surface area contributed by atoms with Crippen LogP contribution in [0.5, 0.6) is 0 Å². The predicted molar refractivity (Wildman–Crippen MR) is 50.8 cm³/mol. The molecule has 0 unspecified atom stereocenters. The highest BCUT2D eigenvalue weighted by atomic mass is 15.1. The summed E-state index contributed by atoms with van der Waals surface area (Å²) in [5, 5.41) is 0. The summed E-state index contributed by atoms with van der Waals surface area (Å²) >= 11 is 0. The van der Waals surface area contributed by atoms with Gasteiger partial charge in [0.05, 0.1) is 0 Å². The van der Waals surface area contributed by atoms with Gasteiger partial charge in [0.1, 0.15) is 5.82 Å².